The van der Waals surface area contributed by atoms with E-state index in [1.54, 1.807) is 25.6 Å². The smallest absolute Gasteiger partial charge is 0.180 e. The molecule has 5 nitrogen and oxygen atoms in total. The normalized spacial score (nSPS) is 11.7. The van der Waals surface area contributed by atoms with E-state index in [0.29, 0.717) is 12.2 Å². The molecule has 0 saturated heterocycles. The fraction of sp³-hybridized carbons (Fsp3) is 0.300. The van der Waals surface area contributed by atoms with Gasteiger partial charge in [0.1, 0.15) is 11.4 Å². The minimum absolute atomic E-state index is 0.0892. The Morgan fingerprint density at radius 2 is 1.92 bits per heavy atom. The third kappa shape index (κ3) is 3.56. The van der Waals surface area contributed by atoms with Crippen molar-refractivity contribution in [3.63, 3.8) is 0 Å². The van der Waals surface area contributed by atoms with Crippen molar-refractivity contribution in [1.82, 2.24) is 9.78 Å². The number of aromatic nitrogens is 2. The Balaban J connectivity index is 2.17. The van der Waals surface area contributed by atoms with E-state index in [9.17, 15) is 9.90 Å². The molecule has 0 unspecified atom stereocenters. The summed E-state index contributed by atoms with van der Waals surface area (Å²) in [6, 6.07) is 13.7. The van der Waals surface area contributed by atoms with Crippen LogP contribution in [-0.4, -0.2) is 33.4 Å². The maximum Gasteiger partial charge on any atom is 0.180 e. The quantitative estimate of drug-likeness (QED) is 0.721. The van der Waals surface area contributed by atoms with Crippen molar-refractivity contribution < 1.29 is 14.6 Å². The maximum atomic E-state index is 11.9. The lowest BCUT2D eigenvalue weighted by Crippen LogP contribution is -2.26. The van der Waals surface area contributed by atoms with Crippen LogP contribution < -0.4 is 4.74 Å². The maximum absolute atomic E-state index is 11.9. The number of methoxy groups -OCH3 is 1. The van der Waals surface area contributed by atoms with Gasteiger partial charge in [-0.3, -0.25) is 9.48 Å². The summed E-state index contributed by atoms with van der Waals surface area (Å²) in [6.07, 6.45) is 0. The lowest BCUT2D eigenvalue weighted by atomic mass is 10.0. The van der Waals surface area contributed by atoms with E-state index in [1.807, 2.05) is 42.5 Å². The molecule has 1 N–H and O–H groups in total. The second-order valence-corrected chi connectivity index (χ2v) is 6.84. The second kappa shape index (κ2) is 6.33. The summed E-state index contributed by atoms with van der Waals surface area (Å²) in [4.78, 5) is 11.9. The first-order valence-corrected chi connectivity index (χ1v) is 8.17. The Morgan fingerprint density at radius 1 is 1.20 bits per heavy atom. The molecule has 1 heterocycles. The van der Waals surface area contributed by atoms with Crippen molar-refractivity contribution in [2.45, 2.75) is 32.9 Å². The van der Waals surface area contributed by atoms with E-state index in [-0.39, 0.29) is 5.78 Å². The molecule has 0 fully saturated rings. The van der Waals surface area contributed by atoms with Gasteiger partial charge in [0.2, 0.25) is 0 Å². The average molecular weight is 338 g/mol. The minimum atomic E-state index is -0.932. The van der Waals surface area contributed by atoms with Crippen LogP contribution in [-0.2, 0) is 6.54 Å². The van der Waals surface area contributed by atoms with Crippen LogP contribution in [0, 0.1) is 0 Å². The number of hydrogen-bond donors (Lipinski definition) is 1. The van der Waals surface area contributed by atoms with Gasteiger partial charge in [0.05, 0.1) is 24.8 Å². The molecule has 130 valence electrons. The summed E-state index contributed by atoms with van der Waals surface area (Å²) in [5.41, 5.74) is 2.34. The Hall–Kier alpha value is -2.66. The molecular weight excluding hydrogens is 316 g/mol. The van der Waals surface area contributed by atoms with Crippen LogP contribution in [0.2, 0.25) is 0 Å². The zero-order valence-corrected chi connectivity index (χ0v) is 14.9. The zero-order valence-electron chi connectivity index (χ0n) is 14.9. The highest BCUT2D eigenvalue weighted by molar-refractivity contribution is 6.05. The molecule has 0 aliphatic rings. The molecule has 0 amide bonds. The van der Waals surface area contributed by atoms with Gasteiger partial charge in [0.25, 0.3) is 0 Å². The highest BCUT2D eigenvalue weighted by atomic mass is 16.5. The lowest BCUT2D eigenvalue weighted by Gasteiger charge is -2.17. The molecule has 25 heavy (non-hydrogen) atoms. The summed E-state index contributed by atoms with van der Waals surface area (Å²) in [6.45, 7) is 5.25. The Morgan fingerprint density at radius 3 is 2.56 bits per heavy atom. The first kappa shape index (κ1) is 17.2. The van der Waals surface area contributed by atoms with Crippen molar-refractivity contribution in [1.29, 1.82) is 0 Å². The molecule has 3 rings (SSSR count). The van der Waals surface area contributed by atoms with Gasteiger partial charge in [-0.15, -0.1) is 0 Å². The van der Waals surface area contributed by atoms with Gasteiger partial charge >= 0.3 is 0 Å². The van der Waals surface area contributed by atoms with Gasteiger partial charge < -0.3 is 9.84 Å². The fourth-order valence-electron chi connectivity index (χ4n) is 2.90. The average Bonchev–Trinajstić information content (AvgIpc) is 2.91. The molecule has 5 heteroatoms. The predicted molar refractivity (Wildman–Crippen MR) is 98.0 cm³/mol. The van der Waals surface area contributed by atoms with Gasteiger partial charge in [-0.1, -0.05) is 18.2 Å². The van der Waals surface area contributed by atoms with Crippen LogP contribution in [0.3, 0.4) is 0 Å². The summed E-state index contributed by atoms with van der Waals surface area (Å²) in [7, 11) is 1.64. The standard InChI is InChI=1S/C20H22N2O3/c1-13(23)19-17-9-8-15(14-6-5-7-16(10-14)25-4)11-18(17)22(21-19)12-20(2,3)24/h5-11,24H,12H2,1-4H3. The molecule has 1 aromatic heterocycles. The summed E-state index contributed by atoms with van der Waals surface area (Å²) >= 11 is 0. The molecular formula is C20H22N2O3. The molecule has 0 aliphatic heterocycles. The van der Waals surface area contributed by atoms with Gasteiger partial charge in [-0.2, -0.15) is 5.10 Å². The molecule has 0 atom stereocenters. The fourth-order valence-corrected chi connectivity index (χ4v) is 2.90. The number of rotatable bonds is 5. The number of ketones is 1. The van der Waals surface area contributed by atoms with E-state index in [4.69, 9.17) is 4.74 Å². The van der Waals surface area contributed by atoms with E-state index in [0.717, 1.165) is 27.8 Å². The molecule has 0 saturated carbocycles. The van der Waals surface area contributed by atoms with Gasteiger partial charge in [0, 0.05) is 12.3 Å². The molecule has 0 spiro atoms. The first-order valence-electron chi connectivity index (χ1n) is 8.17. The second-order valence-electron chi connectivity index (χ2n) is 6.84. The molecule has 0 aliphatic carbocycles. The van der Waals surface area contributed by atoms with Crippen molar-refractivity contribution in [3.8, 4) is 16.9 Å². The number of carbonyl (C=O) groups excluding carboxylic acids is 1. The van der Waals surface area contributed by atoms with Crippen molar-refractivity contribution in [2.24, 2.45) is 0 Å². The Labute approximate surface area is 146 Å². The number of Topliss-reactive ketones (excluding diaryl/α,β-unsaturated/α-hetero) is 1. The van der Waals surface area contributed by atoms with Crippen LogP contribution in [0.15, 0.2) is 42.5 Å². The van der Waals surface area contributed by atoms with Crippen LogP contribution in [0.4, 0.5) is 0 Å². The summed E-state index contributed by atoms with van der Waals surface area (Å²) < 4.78 is 7.00. The molecule has 2 aromatic carbocycles. The SMILES string of the molecule is COc1cccc(-c2ccc3c(C(C)=O)nn(CC(C)(C)O)c3c2)c1. The highest BCUT2D eigenvalue weighted by Crippen LogP contribution is 2.29. The van der Waals surface area contributed by atoms with Crippen LogP contribution in [0.1, 0.15) is 31.3 Å². The van der Waals surface area contributed by atoms with Crippen LogP contribution in [0.5, 0.6) is 5.75 Å². The van der Waals surface area contributed by atoms with Gasteiger partial charge in [-0.05, 0) is 49.2 Å². The van der Waals surface area contributed by atoms with E-state index in [1.165, 1.54) is 6.92 Å². The third-order valence-electron chi connectivity index (χ3n) is 4.02. The Kier molecular flexibility index (Phi) is 4.35. The van der Waals surface area contributed by atoms with Gasteiger partial charge in [0.15, 0.2) is 5.78 Å². The third-order valence-corrected chi connectivity index (χ3v) is 4.02. The molecule has 0 bridgehead atoms. The van der Waals surface area contributed by atoms with Gasteiger partial charge in [-0.25, -0.2) is 0 Å². The number of hydrogen-bond acceptors (Lipinski definition) is 4. The van der Waals surface area contributed by atoms with Crippen LogP contribution in [0.25, 0.3) is 22.0 Å². The largest absolute Gasteiger partial charge is 0.497 e. The number of fused-ring (bicyclic) bond motifs is 1. The highest BCUT2D eigenvalue weighted by Gasteiger charge is 2.20. The topological polar surface area (TPSA) is 64.3 Å². The lowest BCUT2D eigenvalue weighted by molar-refractivity contribution is 0.0588. The van der Waals surface area contributed by atoms with E-state index < -0.39 is 5.60 Å². The zero-order chi connectivity index (χ0) is 18.2. The van der Waals surface area contributed by atoms with E-state index in [2.05, 4.69) is 5.10 Å². The van der Waals surface area contributed by atoms with Crippen molar-refractivity contribution in [2.75, 3.05) is 7.11 Å². The van der Waals surface area contributed by atoms with Crippen molar-refractivity contribution >= 4 is 16.7 Å². The Bertz CT molecular complexity index is 936. The number of nitrogens with zero attached hydrogens (tertiary/aromatic N) is 2. The first-order chi connectivity index (χ1) is 11.8. The number of aliphatic hydroxyl groups is 1. The monoisotopic (exact) mass is 338 g/mol. The predicted octanol–water partition coefficient (Wildman–Crippen LogP) is 3.69. The number of ether oxygens (including phenoxy) is 1. The summed E-state index contributed by atoms with van der Waals surface area (Å²) in [5.74, 6) is 0.695. The summed E-state index contributed by atoms with van der Waals surface area (Å²) in [5, 5.41) is 15.4. The van der Waals surface area contributed by atoms with E-state index >= 15 is 0 Å². The molecule has 0 radical (unpaired) electrons. The van der Waals surface area contributed by atoms with Crippen LogP contribution >= 0.6 is 0 Å². The minimum Gasteiger partial charge on any atom is -0.497 e. The molecule has 3 aromatic rings. The number of benzene rings is 2. The number of carbonyl (C=O) groups is 1. The van der Waals surface area contributed by atoms with Crippen molar-refractivity contribution in [3.05, 3.63) is 48.2 Å².